The Morgan fingerprint density at radius 2 is 1.55 bits per heavy atom. The molecule has 1 aliphatic rings. The van der Waals surface area contributed by atoms with Gasteiger partial charge in [0.05, 0.1) is 20.3 Å². The number of benzene rings is 1. The van der Waals surface area contributed by atoms with E-state index in [0.717, 1.165) is 12.0 Å². The van der Waals surface area contributed by atoms with Gasteiger partial charge in [-0.2, -0.15) is 0 Å². The fourth-order valence-corrected chi connectivity index (χ4v) is 3.41. The van der Waals surface area contributed by atoms with Crippen molar-refractivity contribution in [3.63, 3.8) is 0 Å². The van der Waals surface area contributed by atoms with Crippen molar-refractivity contribution in [1.29, 1.82) is 0 Å². The van der Waals surface area contributed by atoms with Gasteiger partial charge in [-0.05, 0) is 42.9 Å². The van der Waals surface area contributed by atoms with E-state index in [1.807, 2.05) is 27.7 Å². The molecule has 2 rings (SSSR count). The van der Waals surface area contributed by atoms with Crippen LogP contribution in [0.3, 0.4) is 0 Å². The van der Waals surface area contributed by atoms with Crippen molar-refractivity contribution in [3.8, 4) is 0 Å². The summed E-state index contributed by atoms with van der Waals surface area (Å²) in [5.74, 6) is -1.85. The Hall–Kier alpha value is -1.72. The highest BCUT2D eigenvalue weighted by atomic mass is 19.2. The number of allylic oxidation sites excluding steroid dienone is 3. The Balaban J connectivity index is 0.00000233. The quantitative estimate of drug-likeness (QED) is 0.246. The second-order valence-corrected chi connectivity index (χ2v) is 7.67. The largest absolute Gasteiger partial charge is 0.498 e. The monoisotopic (exact) mass is 438 g/mol. The number of hydrogen-bond donors (Lipinski definition) is 0. The minimum absolute atomic E-state index is 0.0763. The van der Waals surface area contributed by atoms with E-state index < -0.39 is 17.9 Å². The van der Waals surface area contributed by atoms with Gasteiger partial charge in [-0.3, -0.25) is 0 Å². The number of ether oxygens (including phenoxy) is 3. The molecule has 0 saturated heterocycles. The molecule has 176 valence electrons. The van der Waals surface area contributed by atoms with E-state index in [0.29, 0.717) is 25.0 Å². The highest BCUT2D eigenvalue weighted by Crippen LogP contribution is 2.36. The molecular formula is C26H40F2O3. The van der Waals surface area contributed by atoms with Crippen molar-refractivity contribution in [2.45, 2.75) is 86.0 Å². The number of hydrogen-bond acceptors (Lipinski definition) is 3. The third-order valence-corrected chi connectivity index (χ3v) is 5.34. The normalized spacial score (nSPS) is 16.0. The highest BCUT2D eigenvalue weighted by molar-refractivity contribution is 5.33. The van der Waals surface area contributed by atoms with Crippen LogP contribution in [0.2, 0.25) is 0 Å². The third-order valence-electron chi connectivity index (χ3n) is 5.34. The second kappa shape index (κ2) is 15.1. The van der Waals surface area contributed by atoms with Crippen molar-refractivity contribution >= 4 is 0 Å². The first kappa shape index (κ1) is 27.3. The lowest BCUT2D eigenvalue weighted by Crippen LogP contribution is -2.20. The van der Waals surface area contributed by atoms with Crippen LogP contribution in [0.1, 0.15) is 77.8 Å². The number of unbranched alkanes of at least 4 members (excludes halogenated alkanes) is 2. The van der Waals surface area contributed by atoms with Crippen molar-refractivity contribution in [2.24, 2.45) is 5.92 Å². The van der Waals surface area contributed by atoms with Crippen molar-refractivity contribution < 1.29 is 23.0 Å². The summed E-state index contributed by atoms with van der Waals surface area (Å²) in [5.41, 5.74) is 2.88. The van der Waals surface area contributed by atoms with Crippen LogP contribution in [0.5, 0.6) is 0 Å². The summed E-state index contributed by atoms with van der Waals surface area (Å²) < 4.78 is 44.5. The van der Waals surface area contributed by atoms with Gasteiger partial charge in [0.15, 0.2) is 17.9 Å². The van der Waals surface area contributed by atoms with E-state index in [9.17, 15) is 8.78 Å². The number of halogens is 2. The van der Waals surface area contributed by atoms with Gasteiger partial charge in [0, 0.05) is 12.3 Å². The van der Waals surface area contributed by atoms with Crippen molar-refractivity contribution in [2.75, 3.05) is 13.7 Å². The van der Waals surface area contributed by atoms with Gasteiger partial charge in [0.1, 0.15) is 5.76 Å². The van der Waals surface area contributed by atoms with Crippen LogP contribution in [0.4, 0.5) is 8.78 Å². The first-order chi connectivity index (χ1) is 15.0. The molecule has 2 unspecified atom stereocenters. The van der Waals surface area contributed by atoms with E-state index in [1.54, 1.807) is 0 Å². The molecule has 0 fully saturated rings. The average Bonchev–Trinajstić information content (AvgIpc) is 2.80. The molecule has 0 N–H and O–H groups in total. The molecule has 0 aromatic heterocycles. The van der Waals surface area contributed by atoms with Gasteiger partial charge in [-0.15, -0.1) is 0 Å². The number of methoxy groups -OCH3 is 1. The molecule has 0 aliphatic heterocycles. The van der Waals surface area contributed by atoms with Crippen LogP contribution in [-0.4, -0.2) is 20.0 Å². The Morgan fingerprint density at radius 1 is 0.903 bits per heavy atom. The minimum atomic E-state index is -0.886. The topological polar surface area (TPSA) is 27.7 Å². The fraction of sp³-hybridized carbons (Fsp3) is 0.615. The zero-order chi connectivity index (χ0) is 23.2. The molecular weight excluding hydrogens is 398 g/mol. The summed E-state index contributed by atoms with van der Waals surface area (Å²) in [6.45, 7) is 10.6. The molecule has 1 aromatic carbocycles. The maximum absolute atomic E-state index is 14.2. The molecule has 3 nitrogen and oxygen atoms in total. The SMILES string of the molecule is CC.CCCCCc1ccc(COC(C)OCC(C)C2=C(F)C(F)=C(OC)CC2)cc1. The van der Waals surface area contributed by atoms with Crippen LogP contribution >= 0.6 is 0 Å². The lowest BCUT2D eigenvalue weighted by atomic mass is 9.92. The lowest BCUT2D eigenvalue weighted by molar-refractivity contribution is -0.142. The zero-order valence-electron chi connectivity index (χ0n) is 20.1. The minimum Gasteiger partial charge on any atom is -0.498 e. The van der Waals surface area contributed by atoms with Gasteiger partial charge >= 0.3 is 0 Å². The standard InChI is InChI=1S/C24H34F2O3.C2H6/c1-5-6-7-8-19-9-11-20(12-10-19)16-29-18(3)28-15-17(2)21-13-14-22(27-4)24(26)23(21)25;1-2/h9-12,17-18H,5-8,13-16H2,1-4H3;1-2H3. The van der Waals surface area contributed by atoms with Crippen LogP contribution in [0.25, 0.3) is 0 Å². The van der Waals surface area contributed by atoms with Gasteiger partial charge < -0.3 is 14.2 Å². The molecule has 0 heterocycles. The number of rotatable bonds is 12. The Morgan fingerprint density at radius 3 is 2.16 bits per heavy atom. The second-order valence-electron chi connectivity index (χ2n) is 7.67. The third kappa shape index (κ3) is 9.12. The van der Waals surface area contributed by atoms with Crippen molar-refractivity contribution in [3.05, 3.63) is 58.4 Å². The molecule has 0 saturated carbocycles. The molecule has 0 radical (unpaired) electrons. The van der Waals surface area contributed by atoms with E-state index in [4.69, 9.17) is 14.2 Å². The highest BCUT2D eigenvalue weighted by Gasteiger charge is 2.26. The lowest BCUT2D eigenvalue weighted by Gasteiger charge is -2.23. The predicted molar refractivity (Wildman–Crippen MR) is 123 cm³/mol. The molecule has 1 aromatic rings. The molecule has 1 aliphatic carbocycles. The number of aryl methyl sites for hydroxylation is 1. The van der Waals surface area contributed by atoms with Crippen LogP contribution < -0.4 is 0 Å². The van der Waals surface area contributed by atoms with E-state index >= 15 is 0 Å². The molecule has 5 heteroatoms. The smallest absolute Gasteiger partial charge is 0.196 e. The van der Waals surface area contributed by atoms with Gasteiger partial charge in [0.25, 0.3) is 0 Å². The average molecular weight is 439 g/mol. The molecule has 0 amide bonds. The Bertz CT molecular complexity index is 695. The van der Waals surface area contributed by atoms with Gasteiger partial charge in [0.2, 0.25) is 0 Å². The van der Waals surface area contributed by atoms with Gasteiger partial charge in [-0.1, -0.05) is 64.8 Å². The Labute approximate surface area is 187 Å². The fourth-order valence-electron chi connectivity index (χ4n) is 3.41. The maximum Gasteiger partial charge on any atom is 0.196 e. The summed E-state index contributed by atoms with van der Waals surface area (Å²) in [6, 6.07) is 8.47. The summed E-state index contributed by atoms with van der Waals surface area (Å²) in [7, 11) is 1.36. The van der Waals surface area contributed by atoms with Crippen LogP contribution in [0, 0.1) is 5.92 Å². The predicted octanol–water partition coefficient (Wildman–Crippen LogP) is 7.81. The molecule has 0 bridgehead atoms. The summed E-state index contributed by atoms with van der Waals surface area (Å²) in [4.78, 5) is 0. The summed E-state index contributed by atoms with van der Waals surface area (Å²) >= 11 is 0. The zero-order valence-corrected chi connectivity index (χ0v) is 20.1. The van der Waals surface area contributed by atoms with E-state index in [1.165, 1.54) is 31.9 Å². The maximum atomic E-state index is 14.2. The first-order valence-electron chi connectivity index (χ1n) is 11.6. The molecule has 0 spiro atoms. The van der Waals surface area contributed by atoms with Crippen LogP contribution in [0.15, 0.2) is 47.3 Å². The van der Waals surface area contributed by atoms with Crippen molar-refractivity contribution in [1.82, 2.24) is 0 Å². The van der Waals surface area contributed by atoms with E-state index in [-0.39, 0.29) is 18.3 Å². The Kier molecular flexibility index (Phi) is 13.3. The van der Waals surface area contributed by atoms with E-state index in [2.05, 4.69) is 31.2 Å². The first-order valence-corrected chi connectivity index (χ1v) is 11.6. The molecule has 2 atom stereocenters. The summed E-state index contributed by atoms with van der Waals surface area (Å²) in [5, 5.41) is 0. The molecule has 31 heavy (non-hydrogen) atoms. The van der Waals surface area contributed by atoms with Gasteiger partial charge in [-0.25, -0.2) is 8.78 Å². The van der Waals surface area contributed by atoms with Crippen LogP contribution in [-0.2, 0) is 27.2 Å². The summed E-state index contributed by atoms with van der Waals surface area (Å²) in [6.07, 6.45) is 5.20.